The molecule has 1 aliphatic rings. The summed E-state index contributed by atoms with van der Waals surface area (Å²) in [6.07, 6.45) is 4.52. The van der Waals surface area contributed by atoms with Gasteiger partial charge in [-0.05, 0) is 56.4 Å². The van der Waals surface area contributed by atoms with Crippen LogP contribution < -0.4 is 4.90 Å². The molecule has 0 unspecified atom stereocenters. The molecular weight excluding hydrogens is 234 g/mol. The molecule has 2 rings (SSSR count). The number of hydrogen-bond acceptors (Lipinski definition) is 2. The molecular formula is C17H25NO. The molecule has 2 nitrogen and oxygen atoms in total. The fourth-order valence-corrected chi connectivity index (χ4v) is 3.32. The molecule has 0 radical (unpaired) electrons. The summed E-state index contributed by atoms with van der Waals surface area (Å²) >= 11 is 0. The summed E-state index contributed by atoms with van der Waals surface area (Å²) in [4.78, 5) is 13.5. The maximum absolute atomic E-state index is 11.0. The smallest absolute Gasteiger partial charge is 0.150 e. The van der Waals surface area contributed by atoms with Crippen molar-refractivity contribution in [3.8, 4) is 0 Å². The number of aldehydes is 1. The first-order valence-electron chi connectivity index (χ1n) is 7.36. The summed E-state index contributed by atoms with van der Waals surface area (Å²) < 4.78 is 0. The third-order valence-corrected chi connectivity index (χ3v) is 4.28. The predicted molar refractivity (Wildman–Crippen MR) is 81.2 cm³/mol. The first kappa shape index (κ1) is 14.1. The van der Waals surface area contributed by atoms with Gasteiger partial charge in [-0.1, -0.05) is 20.3 Å². The van der Waals surface area contributed by atoms with Gasteiger partial charge in [-0.15, -0.1) is 0 Å². The van der Waals surface area contributed by atoms with Crippen LogP contribution in [0, 0.1) is 0 Å². The number of carbonyl (C=O) groups excluding carboxylic acids is 1. The Morgan fingerprint density at radius 2 is 2.16 bits per heavy atom. The fourth-order valence-electron chi connectivity index (χ4n) is 3.32. The summed E-state index contributed by atoms with van der Waals surface area (Å²) in [6, 6.07) is 6.15. The van der Waals surface area contributed by atoms with Gasteiger partial charge >= 0.3 is 0 Å². The predicted octanol–water partition coefficient (Wildman–Crippen LogP) is 4.39. The SMILES string of the molecule is CCCCN1c2ccc(C=O)cc2[C@@H](C)CC1(C)C. The molecule has 0 aromatic heterocycles. The second-order valence-corrected chi connectivity index (χ2v) is 6.36. The second kappa shape index (κ2) is 5.36. The lowest BCUT2D eigenvalue weighted by molar-refractivity contribution is 0.112. The Morgan fingerprint density at radius 3 is 2.79 bits per heavy atom. The highest BCUT2D eigenvalue weighted by atomic mass is 16.1. The second-order valence-electron chi connectivity index (χ2n) is 6.36. The highest BCUT2D eigenvalue weighted by Crippen LogP contribution is 2.43. The number of carbonyl (C=O) groups is 1. The van der Waals surface area contributed by atoms with Crippen molar-refractivity contribution in [2.75, 3.05) is 11.4 Å². The standard InChI is InChI=1S/C17H25NO/c1-5-6-9-18-16-8-7-14(12-19)10-15(16)13(2)11-17(18,3)4/h7-8,10,12-13H,5-6,9,11H2,1-4H3/t13-/m0/s1. The van der Waals surface area contributed by atoms with Crippen molar-refractivity contribution in [3.05, 3.63) is 29.3 Å². The molecule has 0 amide bonds. The van der Waals surface area contributed by atoms with Gasteiger partial charge in [0.15, 0.2) is 0 Å². The van der Waals surface area contributed by atoms with Crippen LogP contribution in [0.5, 0.6) is 0 Å². The van der Waals surface area contributed by atoms with Gasteiger partial charge in [0.2, 0.25) is 0 Å². The molecule has 0 fully saturated rings. The Bertz CT molecular complexity index is 464. The lowest BCUT2D eigenvalue weighted by Gasteiger charge is -2.47. The van der Waals surface area contributed by atoms with Crippen LogP contribution in [-0.2, 0) is 0 Å². The van der Waals surface area contributed by atoms with E-state index in [0.717, 1.165) is 24.8 Å². The number of benzene rings is 1. The molecule has 1 aromatic rings. The van der Waals surface area contributed by atoms with Crippen molar-refractivity contribution in [3.63, 3.8) is 0 Å². The van der Waals surface area contributed by atoms with Crippen molar-refractivity contribution >= 4 is 12.0 Å². The minimum Gasteiger partial charge on any atom is -0.366 e. The molecule has 0 saturated carbocycles. The minimum absolute atomic E-state index is 0.199. The van der Waals surface area contributed by atoms with Gasteiger partial charge < -0.3 is 4.90 Å². The van der Waals surface area contributed by atoms with Gasteiger partial charge in [0.1, 0.15) is 6.29 Å². The number of unbranched alkanes of at least 4 members (excludes halogenated alkanes) is 1. The van der Waals surface area contributed by atoms with E-state index in [4.69, 9.17) is 0 Å². The van der Waals surface area contributed by atoms with E-state index in [2.05, 4.69) is 44.7 Å². The van der Waals surface area contributed by atoms with Gasteiger partial charge in [-0.3, -0.25) is 4.79 Å². The largest absolute Gasteiger partial charge is 0.366 e. The number of anilines is 1. The summed E-state index contributed by atoms with van der Waals surface area (Å²) in [5.74, 6) is 0.516. The number of nitrogens with zero attached hydrogens (tertiary/aromatic N) is 1. The van der Waals surface area contributed by atoms with Gasteiger partial charge in [0.25, 0.3) is 0 Å². The number of fused-ring (bicyclic) bond motifs is 1. The normalized spacial score (nSPS) is 21.1. The zero-order chi connectivity index (χ0) is 14.0. The Balaban J connectivity index is 2.43. The molecule has 1 heterocycles. The zero-order valence-electron chi connectivity index (χ0n) is 12.6. The molecule has 0 N–H and O–H groups in total. The van der Waals surface area contributed by atoms with Crippen LogP contribution in [0.3, 0.4) is 0 Å². The Hall–Kier alpha value is -1.31. The number of hydrogen-bond donors (Lipinski definition) is 0. The Morgan fingerprint density at radius 1 is 1.42 bits per heavy atom. The third-order valence-electron chi connectivity index (χ3n) is 4.28. The minimum atomic E-state index is 0.199. The summed E-state index contributed by atoms with van der Waals surface area (Å²) in [5, 5.41) is 0. The van der Waals surface area contributed by atoms with Crippen LogP contribution in [0.15, 0.2) is 18.2 Å². The molecule has 1 aliphatic heterocycles. The van der Waals surface area contributed by atoms with Crippen molar-refractivity contribution < 1.29 is 4.79 Å². The molecule has 2 heteroatoms. The molecule has 0 bridgehead atoms. The highest BCUT2D eigenvalue weighted by molar-refractivity contribution is 5.77. The molecule has 0 spiro atoms. The first-order chi connectivity index (χ1) is 8.99. The van der Waals surface area contributed by atoms with E-state index in [-0.39, 0.29) is 5.54 Å². The van der Waals surface area contributed by atoms with E-state index in [1.807, 2.05) is 6.07 Å². The topological polar surface area (TPSA) is 20.3 Å². The first-order valence-corrected chi connectivity index (χ1v) is 7.36. The molecule has 104 valence electrons. The number of rotatable bonds is 4. The van der Waals surface area contributed by atoms with E-state index in [1.165, 1.54) is 24.1 Å². The fraction of sp³-hybridized carbons (Fsp3) is 0.588. The van der Waals surface area contributed by atoms with Crippen LogP contribution in [-0.4, -0.2) is 18.4 Å². The van der Waals surface area contributed by atoms with E-state index in [0.29, 0.717) is 5.92 Å². The van der Waals surface area contributed by atoms with Gasteiger partial charge in [0.05, 0.1) is 0 Å². The molecule has 1 atom stereocenters. The molecule has 0 aliphatic carbocycles. The third kappa shape index (κ3) is 2.68. The van der Waals surface area contributed by atoms with Gasteiger partial charge in [-0.25, -0.2) is 0 Å². The van der Waals surface area contributed by atoms with Crippen LogP contribution in [0.2, 0.25) is 0 Å². The van der Waals surface area contributed by atoms with E-state index < -0.39 is 0 Å². The van der Waals surface area contributed by atoms with Crippen molar-refractivity contribution in [1.29, 1.82) is 0 Å². The Kier molecular flexibility index (Phi) is 3.98. The lowest BCUT2D eigenvalue weighted by Crippen LogP contribution is -2.48. The quantitative estimate of drug-likeness (QED) is 0.747. The zero-order valence-corrected chi connectivity index (χ0v) is 12.6. The molecule has 0 saturated heterocycles. The summed E-state index contributed by atoms with van der Waals surface area (Å²) in [7, 11) is 0. The average Bonchev–Trinajstić information content (AvgIpc) is 2.37. The van der Waals surface area contributed by atoms with E-state index in [9.17, 15) is 4.79 Å². The van der Waals surface area contributed by atoms with Gasteiger partial charge in [0, 0.05) is 23.3 Å². The van der Waals surface area contributed by atoms with Crippen molar-refractivity contribution in [2.45, 2.75) is 58.4 Å². The highest BCUT2D eigenvalue weighted by Gasteiger charge is 2.35. The van der Waals surface area contributed by atoms with Crippen LogP contribution in [0.4, 0.5) is 5.69 Å². The van der Waals surface area contributed by atoms with Crippen LogP contribution >= 0.6 is 0 Å². The van der Waals surface area contributed by atoms with Crippen LogP contribution in [0.1, 0.15) is 68.8 Å². The maximum atomic E-state index is 11.0. The van der Waals surface area contributed by atoms with Crippen LogP contribution in [0.25, 0.3) is 0 Å². The summed E-state index contributed by atoms with van der Waals surface area (Å²) in [6.45, 7) is 10.3. The summed E-state index contributed by atoms with van der Waals surface area (Å²) in [5.41, 5.74) is 3.65. The van der Waals surface area contributed by atoms with Gasteiger partial charge in [-0.2, -0.15) is 0 Å². The van der Waals surface area contributed by atoms with Crippen molar-refractivity contribution in [2.24, 2.45) is 0 Å². The van der Waals surface area contributed by atoms with E-state index >= 15 is 0 Å². The monoisotopic (exact) mass is 259 g/mol. The Labute approximate surface area is 116 Å². The molecule has 19 heavy (non-hydrogen) atoms. The average molecular weight is 259 g/mol. The maximum Gasteiger partial charge on any atom is 0.150 e. The van der Waals surface area contributed by atoms with Crippen molar-refractivity contribution in [1.82, 2.24) is 0 Å². The molecule has 1 aromatic carbocycles. The van der Waals surface area contributed by atoms with E-state index in [1.54, 1.807) is 0 Å². The lowest BCUT2D eigenvalue weighted by atomic mass is 9.79.